The molecule has 0 saturated heterocycles. The van der Waals surface area contributed by atoms with Crippen molar-refractivity contribution in [2.24, 2.45) is 0 Å². The number of aryl methyl sites for hydroxylation is 2. The maximum Gasteiger partial charge on any atom is 0.255 e. The Morgan fingerprint density at radius 2 is 1.82 bits per heavy atom. The lowest BCUT2D eigenvalue weighted by atomic mass is 9.92. The standard InChI is InChI=1S/C31H32ClN5OS/c1-18(2)22-11-13-23(14-12-22)28-27(29(38)34-26-15-10-19(3)16-20(26)4)21(5)33-30-35-31(36-37(28)30)39-17-24-8-6-7-9-25(24)32/h6-16,18,28H,17H2,1-5H3,(H,34,38)(H,33,35,36). The van der Waals surface area contributed by atoms with Crippen LogP contribution in [0.25, 0.3) is 0 Å². The van der Waals surface area contributed by atoms with Gasteiger partial charge in [-0.15, -0.1) is 5.10 Å². The molecule has 0 spiro atoms. The second kappa shape index (κ2) is 11.3. The van der Waals surface area contributed by atoms with Crippen molar-refractivity contribution < 1.29 is 4.79 Å². The first-order valence-corrected chi connectivity index (χ1v) is 14.4. The molecule has 2 heterocycles. The van der Waals surface area contributed by atoms with E-state index in [0.717, 1.165) is 38.7 Å². The van der Waals surface area contributed by atoms with Gasteiger partial charge in [-0.3, -0.25) is 4.79 Å². The summed E-state index contributed by atoms with van der Waals surface area (Å²) in [5.41, 5.74) is 7.54. The van der Waals surface area contributed by atoms with E-state index in [-0.39, 0.29) is 5.91 Å². The number of aromatic nitrogens is 3. The Hall–Kier alpha value is -3.55. The van der Waals surface area contributed by atoms with E-state index in [4.69, 9.17) is 21.7 Å². The molecule has 0 fully saturated rings. The molecule has 0 bridgehead atoms. The van der Waals surface area contributed by atoms with E-state index in [9.17, 15) is 4.79 Å². The highest BCUT2D eigenvalue weighted by atomic mass is 35.5. The first kappa shape index (κ1) is 27.0. The number of fused-ring (bicyclic) bond motifs is 1. The number of carbonyl (C=O) groups excluding carboxylic acids is 1. The van der Waals surface area contributed by atoms with E-state index in [1.54, 1.807) is 0 Å². The van der Waals surface area contributed by atoms with Gasteiger partial charge >= 0.3 is 0 Å². The molecule has 1 unspecified atom stereocenters. The Bertz CT molecular complexity index is 1560. The quantitative estimate of drug-likeness (QED) is 0.226. The van der Waals surface area contributed by atoms with Crippen molar-refractivity contribution in [3.05, 3.63) is 111 Å². The summed E-state index contributed by atoms with van der Waals surface area (Å²) in [4.78, 5) is 18.6. The molecule has 0 saturated carbocycles. The molecule has 0 aliphatic carbocycles. The predicted octanol–water partition coefficient (Wildman–Crippen LogP) is 7.89. The van der Waals surface area contributed by atoms with Gasteiger partial charge in [0.1, 0.15) is 6.04 Å². The highest BCUT2D eigenvalue weighted by Gasteiger charge is 2.34. The molecule has 1 aliphatic heterocycles. The van der Waals surface area contributed by atoms with Crippen molar-refractivity contribution in [3.63, 3.8) is 0 Å². The van der Waals surface area contributed by atoms with Gasteiger partial charge in [0.2, 0.25) is 11.1 Å². The number of hydrogen-bond donors (Lipinski definition) is 2. The Morgan fingerprint density at radius 1 is 1.08 bits per heavy atom. The molecular weight excluding hydrogens is 526 g/mol. The van der Waals surface area contributed by atoms with Crippen LogP contribution in [-0.4, -0.2) is 20.7 Å². The summed E-state index contributed by atoms with van der Waals surface area (Å²) in [6.07, 6.45) is 0. The summed E-state index contributed by atoms with van der Waals surface area (Å²) < 4.78 is 1.82. The molecule has 3 aromatic carbocycles. The topological polar surface area (TPSA) is 71.8 Å². The van der Waals surface area contributed by atoms with Crippen molar-refractivity contribution in [2.75, 3.05) is 10.6 Å². The van der Waals surface area contributed by atoms with Gasteiger partial charge in [-0.2, -0.15) is 4.98 Å². The van der Waals surface area contributed by atoms with Crippen LogP contribution < -0.4 is 10.6 Å². The minimum absolute atomic E-state index is 0.170. The monoisotopic (exact) mass is 557 g/mol. The summed E-state index contributed by atoms with van der Waals surface area (Å²) in [7, 11) is 0. The number of nitrogens with one attached hydrogen (secondary N) is 2. The molecule has 1 aliphatic rings. The van der Waals surface area contributed by atoms with Crippen LogP contribution in [0.5, 0.6) is 0 Å². The Kier molecular flexibility index (Phi) is 7.82. The van der Waals surface area contributed by atoms with Gasteiger partial charge in [-0.25, -0.2) is 4.68 Å². The number of nitrogens with zero attached hydrogens (tertiary/aromatic N) is 3. The van der Waals surface area contributed by atoms with Crippen LogP contribution in [0.15, 0.2) is 83.2 Å². The first-order chi connectivity index (χ1) is 18.7. The number of thioether (sulfide) groups is 1. The fraction of sp³-hybridized carbons (Fsp3) is 0.258. The maximum atomic E-state index is 13.8. The Balaban J connectivity index is 1.51. The predicted molar refractivity (Wildman–Crippen MR) is 161 cm³/mol. The van der Waals surface area contributed by atoms with E-state index < -0.39 is 6.04 Å². The number of halogens is 1. The summed E-state index contributed by atoms with van der Waals surface area (Å²) >= 11 is 7.88. The van der Waals surface area contributed by atoms with Crippen LogP contribution >= 0.6 is 23.4 Å². The second-order valence-corrected chi connectivity index (χ2v) is 11.6. The number of allylic oxidation sites excluding steroid dienone is 1. The van der Waals surface area contributed by atoms with Gasteiger partial charge in [0.25, 0.3) is 5.91 Å². The molecule has 0 radical (unpaired) electrons. The first-order valence-electron chi connectivity index (χ1n) is 13.0. The van der Waals surface area contributed by atoms with Gasteiger partial charge in [0.15, 0.2) is 0 Å². The van der Waals surface area contributed by atoms with E-state index >= 15 is 0 Å². The van der Waals surface area contributed by atoms with E-state index in [0.29, 0.717) is 28.3 Å². The third-order valence-corrected chi connectivity index (χ3v) is 8.20. The molecule has 1 atom stereocenters. The van der Waals surface area contributed by atoms with E-state index in [2.05, 4.69) is 54.8 Å². The second-order valence-electron chi connectivity index (χ2n) is 10.2. The number of hydrogen-bond acceptors (Lipinski definition) is 5. The lowest BCUT2D eigenvalue weighted by Crippen LogP contribution is -2.31. The number of carbonyl (C=O) groups is 1. The largest absolute Gasteiger partial charge is 0.328 e. The number of benzene rings is 3. The van der Waals surface area contributed by atoms with Gasteiger partial charge in [-0.1, -0.05) is 97.4 Å². The fourth-order valence-corrected chi connectivity index (χ4v) is 5.87. The SMILES string of the molecule is CC1=C(C(=O)Nc2ccc(C)cc2C)C(c2ccc(C(C)C)cc2)n2nc(SCc3ccccc3Cl)nc2N1. The van der Waals surface area contributed by atoms with Gasteiger partial charge in [-0.05, 0) is 61.1 Å². The smallest absolute Gasteiger partial charge is 0.255 e. The summed E-state index contributed by atoms with van der Waals surface area (Å²) in [6.45, 7) is 10.3. The molecule has 6 nitrogen and oxygen atoms in total. The van der Waals surface area contributed by atoms with Crippen LogP contribution in [0, 0.1) is 13.8 Å². The van der Waals surface area contributed by atoms with Crippen molar-refractivity contribution >= 4 is 40.9 Å². The highest BCUT2D eigenvalue weighted by Crippen LogP contribution is 2.38. The van der Waals surface area contributed by atoms with Crippen LogP contribution in [0.3, 0.4) is 0 Å². The van der Waals surface area contributed by atoms with E-state index in [1.807, 2.05) is 61.9 Å². The fourth-order valence-electron chi connectivity index (χ4n) is 4.76. The Labute approximate surface area is 238 Å². The summed E-state index contributed by atoms with van der Waals surface area (Å²) in [5, 5.41) is 12.7. The molecule has 1 aromatic heterocycles. The van der Waals surface area contributed by atoms with E-state index in [1.165, 1.54) is 17.3 Å². The lowest BCUT2D eigenvalue weighted by Gasteiger charge is -2.29. The van der Waals surface area contributed by atoms with Crippen LogP contribution in [0.2, 0.25) is 5.02 Å². The molecule has 200 valence electrons. The van der Waals surface area contributed by atoms with Crippen LogP contribution in [0.4, 0.5) is 11.6 Å². The third-order valence-electron chi connectivity index (χ3n) is 6.94. The normalized spacial score (nSPS) is 14.8. The Morgan fingerprint density at radius 3 is 2.51 bits per heavy atom. The van der Waals surface area contributed by atoms with Crippen LogP contribution in [-0.2, 0) is 10.5 Å². The molecule has 1 amide bonds. The van der Waals surface area contributed by atoms with Gasteiger partial charge in [0.05, 0.1) is 5.57 Å². The van der Waals surface area contributed by atoms with Gasteiger partial charge in [0, 0.05) is 22.2 Å². The minimum Gasteiger partial charge on any atom is -0.328 e. The van der Waals surface area contributed by atoms with Gasteiger partial charge < -0.3 is 10.6 Å². The maximum absolute atomic E-state index is 13.8. The number of anilines is 2. The number of amides is 1. The summed E-state index contributed by atoms with van der Waals surface area (Å²) in [5.74, 6) is 1.49. The van der Waals surface area contributed by atoms with Crippen molar-refractivity contribution in [2.45, 2.75) is 57.5 Å². The molecule has 2 N–H and O–H groups in total. The third kappa shape index (κ3) is 5.75. The average molecular weight is 558 g/mol. The zero-order valence-corrected chi connectivity index (χ0v) is 24.3. The zero-order chi connectivity index (χ0) is 27.7. The average Bonchev–Trinajstić information content (AvgIpc) is 3.31. The molecule has 4 aromatic rings. The number of rotatable bonds is 7. The van der Waals surface area contributed by atoms with Crippen molar-refractivity contribution in [3.8, 4) is 0 Å². The molecular formula is C31H32ClN5OS. The summed E-state index contributed by atoms with van der Waals surface area (Å²) in [6, 6.07) is 21.8. The van der Waals surface area contributed by atoms with Crippen molar-refractivity contribution in [1.29, 1.82) is 0 Å². The molecule has 5 rings (SSSR count). The van der Waals surface area contributed by atoms with Crippen LogP contribution in [0.1, 0.15) is 60.5 Å². The lowest BCUT2D eigenvalue weighted by molar-refractivity contribution is -0.113. The zero-order valence-electron chi connectivity index (χ0n) is 22.7. The highest BCUT2D eigenvalue weighted by molar-refractivity contribution is 7.98. The minimum atomic E-state index is -0.435. The molecule has 39 heavy (non-hydrogen) atoms. The molecule has 8 heteroatoms. The van der Waals surface area contributed by atoms with Crippen molar-refractivity contribution in [1.82, 2.24) is 14.8 Å².